The number of nitrogens with one attached hydrogen (secondary N) is 2. The van der Waals surface area contributed by atoms with Gasteiger partial charge in [-0.2, -0.15) is 5.10 Å². The summed E-state index contributed by atoms with van der Waals surface area (Å²) in [5.41, 5.74) is 4.33. The van der Waals surface area contributed by atoms with E-state index in [0.717, 1.165) is 48.6 Å². The molecule has 1 aromatic carbocycles. The van der Waals surface area contributed by atoms with E-state index in [1.54, 1.807) is 11.3 Å². The highest BCUT2D eigenvalue weighted by atomic mass is 32.1. The van der Waals surface area contributed by atoms with Gasteiger partial charge in [-0.25, -0.2) is 14.5 Å². The molecule has 2 N–H and O–H groups in total. The first-order chi connectivity index (χ1) is 16.4. The van der Waals surface area contributed by atoms with Crippen molar-refractivity contribution in [3.8, 4) is 5.69 Å². The number of carbonyl (C=O) groups is 1. The summed E-state index contributed by atoms with van der Waals surface area (Å²) in [5, 5.41) is 11.6. The van der Waals surface area contributed by atoms with Crippen molar-refractivity contribution in [2.75, 3.05) is 30.3 Å². The van der Waals surface area contributed by atoms with Crippen LogP contribution in [0.2, 0.25) is 0 Å². The average molecular weight is 479 g/mol. The minimum Gasteiger partial charge on any atom is -0.303 e. The third kappa shape index (κ3) is 4.88. The molecule has 180 valence electrons. The average Bonchev–Trinajstić information content (AvgIpc) is 3.50. The molecule has 0 bridgehead atoms. The Kier molecular flexibility index (Phi) is 6.44. The van der Waals surface area contributed by atoms with Crippen molar-refractivity contribution in [2.45, 2.75) is 64.7 Å². The summed E-state index contributed by atoms with van der Waals surface area (Å²) in [6.45, 7) is 9.96. The fourth-order valence-corrected chi connectivity index (χ4v) is 5.75. The summed E-state index contributed by atoms with van der Waals surface area (Å²) in [6, 6.07) is 7.94. The highest BCUT2D eigenvalue weighted by molar-refractivity contribution is 7.15. The second-order valence-electron chi connectivity index (χ2n) is 10.2. The van der Waals surface area contributed by atoms with Crippen molar-refractivity contribution in [1.82, 2.24) is 19.7 Å². The molecule has 1 aliphatic carbocycles. The molecule has 0 radical (unpaired) electrons. The van der Waals surface area contributed by atoms with Gasteiger partial charge in [0.05, 0.1) is 11.4 Å². The molecular formula is C26H34N6OS. The van der Waals surface area contributed by atoms with E-state index in [0.29, 0.717) is 5.13 Å². The van der Waals surface area contributed by atoms with Crippen LogP contribution in [0.15, 0.2) is 30.5 Å². The first-order valence-electron chi connectivity index (χ1n) is 12.3. The number of carbonyl (C=O) groups excluding carboxylic acids is 1. The van der Waals surface area contributed by atoms with Crippen LogP contribution in [0.1, 0.15) is 61.2 Å². The fraction of sp³-hybridized carbons (Fsp3) is 0.500. The fourth-order valence-electron chi connectivity index (χ4n) is 4.96. The maximum atomic E-state index is 13.0. The van der Waals surface area contributed by atoms with Gasteiger partial charge in [0.1, 0.15) is 5.82 Å². The van der Waals surface area contributed by atoms with Crippen LogP contribution in [0, 0.1) is 6.92 Å². The number of amides is 2. The number of anilines is 2. The Balaban J connectivity index is 1.29. The van der Waals surface area contributed by atoms with E-state index in [4.69, 9.17) is 5.10 Å². The number of urea groups is 1. The van der Waals surface area contributed by atoms with Crippen molar-refractivity contribution in [1.29, 1.82) is 0 Å². The van der Waals surface area contributed by atoms with Crippen molar-refractivity contribution in [2.24, 2.45) is 0 Å². The second kappa shape index (κ2) is 9.50. The van der Waals surface area contributed by atoms with Crippen LogP contribution >= 0.6 is 11.3 Å². The molecule has 1 saturated heterocycles. The van der Waals surface area contributed by atoms with Crippen LogP contribution < -0.4 is 10.6 Å². The van der Waals surface area contributed by atoms with E-state index < -0.39 is 0 Å². The molecule has 1 aliphatic heterocycles. The van der Waals surface area contributed by atoms with Crippen LogP contribution in [0.25, 0.3) is 5.69 Å². The number of rotatable bonds is 6. The van der Waals surface area contributed by atoms with E-state index in [1.807, 2.05) is 23.0 Å². The molecule has 3 heterocycles. The zero-order valence-electron chi connectivity index (χ0n) is 20.4. The Labute approximate surface area is 205 Å². The largest absolute Gasteiger partial charge is 0.326 e. The maximum absolute atomic E-state index is 13.0. The lowest BCUT2D eigenvalue weighted by Gasteiger charge is -2.25. The van der Waals surface area contributed by atoms with Gasteiger partial charge in [-0.05, 0) is 64.3 Å². The van der Waals surface area contributed by atoms with E-state index in [9.17, 15) is 4.79 Å². The minimum absolute atomic E-state index is 0.00322. The van der Waals surface area contributed by atoms with Crippen molar-refractivity contribution in [3.63, 3.8) is 0 Å². The number of nitrogens with zero attached hydrogens (tertiary/aromatic N) is 4. The number of benzene rings is 1. The number of hydrogen-bond acceptors (Lipinski definition) is 5. The number of thiazole rings is 1. The van der Waals surface area contributed by atoms with Crippen LogP contribution in [0.3, 0.4) is 0 Å². The summed E-state index contributed by atoms with van der Waals surface area (Å²) >= 11 is 1.56. The minimum atomic E-state index is -0.280. The molecule has 8 heteroatoms. The lowest BCUT2D eigenvalue weighted by Crippen LogP contribution is -2.31. The van der Waals surface area contributed by atoms with E-state index in [1.165, 1.54) is 42.8 Å². The van der Waals surface area contributed by atoms with Gasteiger partial charge in [0, 0.05) is 28.6 Å². The molecular weight excluding hydrogens is 444 g/mol. The summed E-state index contributed by atoms with van der Waals surface area (Å²) in [4.78, 5) is 21.2. The first-order valence-corrected chi connectivity index (χ1v) is 13.2. The number of likely N-dealkylation sites (tertiary alicyclic amines) is 1. The molecule has 2 amide bonds. The van der Waals surface area contributed by atoms with Gasteiger partial charge in [0.25, 0.3) is 0 Å². The number of aryl methyl sites for hydroxylation is 1. The summed E-state index contributed by atoms with van der Waals surface area (Å²) < 4.78 is 1.87. The predicted octanol–water partition coefficient (Wildman–Crippen LogP) is 5.53. The lowest BCUT2D eigenvalue weighted by atomic mass is 9.91. The molecule has 0 atom stereocenters. The highest BCUT2D eigenvalue weighted by Gasteiger charge is 2.37. The van der Waals surface area contributed by atoms with Gasteiger partial charge < -0.3 is 4.90 Å². The number of aromatic nitrogens is 3. The van der Waals surface area contributed by atoms with Gasteiger partial charge in [0.2, 0.25) is 0 Å². The van der Waals surface area contributed by atoms with Crippen LogP contribution in [0.5, 0.6) is 0 Å². The summed E-state index contributed by atoms with van der Waals surface area (Å²) in [7, 11) is 0. The van der Waals surface area contributed by atoms with Gasteiger partial charge in [-0.15, -0.1) is 11.3 Å². The third-order valence-corrected chi connectivity index (χ3v) is 8.00. The summed E-state index contributed by atoms with van der Waals surface area (Å²) in [5.74, 6) is 0.754. The number of hydrogen-bond donors (Lipinski definition) is 2. The molecule has 0 spiro atoms. The first kappa shape index (κ1) is 23.1. The quantitative estimate of drug-likeness (QED) is 0.488. The van der Waals surface area contributed by atoms with E-state index in [-0.39, 0.29) is 11.4 Å². The Morgan fingerprint density at radius 1 is 1.12 bits per heavy atom. The monoisotopic (exact) mass is 478 g/mol. The highest BCUT2D eigenvalue weighted by Crippen LogP contribution is 2.42. The van der Waals surface area contributed by atoms with E-state index >= 15 is 0 Å². The molecule has 1 fully saturated rings. The lowest BCUT2D eigenvalue weighted by molar-refractivity contribution is 0.232. The van der Waals surface area contributed by atoms with Crippen molar-refractivity contribution in [3.05, 3.63) is 52.2 Å². The molecule has 7 nitrogen and oxygen atoms in total. The Hall–Kier alpha value is -2.71. The van der Waals surface area contributed by atoms with Gasteiger partial charge >= 0.3 is 6.03 Å². The smallest absolute Gasteiger partial charge is 0.303 e. The SMILES string of the molecule is Cc1ccc(-n2nc3c(c2NC(=O)Nc2ncc(CCN4CCCCC4)s2)CCC3(C)C)cc1. The Morgan fingerprint density at radius 2 is 1.88 bits per heavy atom. The standard InChI is InChI=1S/C26H34N6OS/c1-18-7-9-19(10-8-18)32-23(21-11-13-26(2,3)22(21)30-32)28-24(33)29-25-27-17-20(34-25)12-16-31-14-5-4-6-15-31/h7-10,17H,4-6,11-16H2,1-3H3,(H2,27,28,29,33). The van der Waals surface area contributed by atoms with Crippen LogP contribution in [-0.4, -0.2) is 45.3 Å². The van der Waals surface area contributed by atoms with Crippen molar-refractivity contribution < 1.29 is 4.79 Å². The van der Waals surface area contributed by atoms with Gasteiger partial charge in [-0.3, -0.25) is 10.6 Å². The van der Waals surface area contributed by atoms with Crippen LogP contribution in [-0.2, 0) is 18.3 Å². The molecule has 5 rings (SSSR count). The van der Waals surface area contributed by atoms with Crippen molar-refractivity contribution >= 4 is 28.3 Å². The van der Waals surface area contributed by atoms with E-state index in [2.05, 4.69) is 53.4 Å². The Bertz CT molecular complexity index is 1160. The zero-order valence-corrected chi connectivity index (χ0v) is 21.2. The second-order valence-corrected chi connectivity index (χ2v) is 11.3. The molecule has 0 unspecified atom stereocenters. The van der Waals surface area contributed by atoms with Gasteiger partial charge in [0.15, 0.2) is 5.13 Å². The normalized spacial score (nSPS) is 17.5. The summed E-state index contributed by atoms with van der Waals surface area (Å²) in [6.07, 6.45) is 8.75. The van der Waals surface area contributed by atoms with Crippen LogP contribution in [0.4, 0.5) is 15.7 Å². The topological polar surface area (TPSA) is 75.1 Å². The molecule has 0 saturated carbocycles. The zero-order chi connectivity index (χ0) is 23.7. The third-order valence-electron chi connectivity index (χ3n) is 7.03. The predicted molar refractivity (Wildman–Crippen MR) is 138 cm³/mol. The molecule has 2 aliphatic rings. The molecule has 3 aromatic rings. The Morgan fingerprint density at radius 3 is 2.65 bits per heavy atom. The molecule has 2 aromatic heterocycles. The number of piperidine rings is 1. The van der Waals surface area contributed by atoms with Gasteiger partial charge in [-0.1, -0.05) is 38.0 Å². The number of fused-ring (bicyclic) bond motifs is 1. The maximum Gasteiger partial charge on any atom is 0.326 e. The molecule has 34 heavy (non-hydrogen) atoms.